The highest BCUT2D eigenvalue weighted by Gasteiger charge is 2.11. The number of amides is 2. The van der Waals surface area contributed by atoms with Crippen LogP contribution in [0.4, 0.5) is 11.4 Å². The molecule has 0 fully saturated rings. The summed E-state index contributed by atoms with van der Waals surface area (Å²) in [6.45, 7) is 1.41. The summed E-state index contributed by atoms with van der Waals surface area (Å²) in [4.78, 5) is 23.4. The Morgan fingerprint density at radius 3 is 2.68 bits per heavy atom. The Kier molecular flexibility index (Phi) is 3.53. The van der Waals surface area contributed by atoms with Crippen molar-refractivity contribution in [3.8, 4) is 0 Å². The van der Waals surface area contributed by atoms with Crippen molar-refractivity contribution in [2.75, 3.05) is 10.6 Å². The van der Waals surface area contributed by atoms with E-state index in [1.165, 1.54) is 6.92 Å². The van der Waals surface area contributed by atoms with Crippen LogP contribution < -0.4 is 10.6 Å². The molecule has 110 valence electrons. The number of hydrogen-bond donors (Lipinski definition) is 3. The van der Waals surface area contributed by atoms with E-state index in [0.717, 1.165) is 0 Å². The minimum atomic E-state index is -0.289. The third-order valence-corrected chi connectivity index (χ3v) is 3.04. The number of fused-ring (bicyclic) bond motifs is 1. The average Bonchev–Trinajstić information content (AvgIpc) is 2.96. The summed E-state index contributed by atoms with van der Waals surface area (Å²) >= 11 is 0. The van der Waals surface area contributed by atoms with Gasteiger partial charge in [0.25, 0.3) is 5.91 Å². The standard InChI is InChI=1S/C15H13N5O2/c1-9(21)16-11-5-2-4-10(8-11)15(22)17-12-6-3-7-13-14(12)19-20-18-13/h2-8H,1H3,(H,16,21)(H,17,22)(H,18,19,20). The molecule has 0 unspecified atom stereocenters. The van der Waals surface area contributed by atoms with E-state index in [2.05, 4.69) is 26.0 Å². The lowest BCUT2D eigenvalue weighted by molar-refractivity contribution is -0.114. The molecule has 0 atom stereocenters. The van der Waals surface area contributed by atoms with E-state index in [-0.39, 0.29) is 11.8 Å². The zero-order valence-corrected chi connectivity index (χ0v) is 11.8. The van der Waals surface area contributed by atoms with Crippen LogP contribution in [0.2, 0.25) is 0 Å². The Hall–Kier alpha value is -3.22. The molecule has 0 bridgehead atoms. The van der Waals surface area contributed by atoms with E-state index in [0.29, 0.717) is 28.0 Å². The van der Waals surface area contributed by atoms with E-state index >= 15 is 0 Å². The summed E-state index contributed by atoms with van der Waals surface area (Å²) in [7, 11) is 0. The monoisotopic (exact) mass is 295 g/mol. The molecule has 0 aliphatic carbocycles. The fourth-order valence-electron chi connectivity index (χ4n) is 2.10. The molecule has 2 aromatic carbocycles. The van der Waals surface area contributed by atoms with E-state index in [9.17, 15) is 9.59 Å². The van der Waals surface area contributed by atoms with E-state index in [1.54, 1.807) is 42.5 Å². The van der Waals surface area contributed by atoms with Crippen molar-refractivity contribution in [3.05, 3.63) is 48.0 Å². The van der Waals surface area contributed by atoms with Crippen molar-refractivity contribution >= 4 is 34.2 Å². The number of benzene rings is 2. The zero-order valence-electron chi connectivity index (χ0n) is 11.8. The number of para-hydroxylation sites is 1. The van der Waals surface area contributed by atoms with Gasteiger partial charge in [-0.15, -0.1) is 0 Å². The first-order chi connectivity index (χ1) is 10.6. The molecule has 1 aromatic heterocycles. The Morgan fingerprint density at radius 2 is 1.86 bits per heavy atom. The summed E-state index contributed by atoms with van der Waals surface area (Å²) < 4.78 is 0. The quantitative estimate of drug-likeness (QED) is 0.689. The summed E-state index contributed by atoms with van der Waals surface area (Å²) in [5, 5.41) is 15.9. The minimum absolute atomic E-state index is 0.190. The van der Waals surface area contributed by atoms with Crippen molar-refractivity contribution in [3.63, 3.8) is 0 Å². The number of aromatic nitrogens is 3. The molecular weight excluding hydrogens is 282 g/mol. The van der Waals surface area contributed by atoms with Gasteiger partial charge >= 0.3 is 0 Å². The van der Waals surface area contributed by atoms with Crippen LogP contribution >= 0.6 is 0 Å². The predicted molar refractivity (Wildman–Crippen MR) is 82.6 cm³/mol. The van der Waals surface area contributed by atoms with Crippen molar-refractivity contribution in [1.82, 2.24) is 15.4 Å². The Bertz CT molecular complexity index is 856. The molecule has 3 aromatic rings. The van der Waals surface area contributed by atoms with E-state index in [4.69, 9.17) is 0 Å². The number of nitrogens with zero attached hydrogens (tertiary/aromatic N) is 2. The molecule has 2 amide bonds. The predicted octanol–water partition coefficient (Wildman–Crippen LogP) is 2.17. The van der Waals surface area contributed by atoms with Gasteiger partial charge in [-0.05, 0) is 30.3 Å². The molecule has 0 spiro atoms. The second-order valence-electron chi connectivity index (χ2n) is 4.71. The fourth-order valence-corrected chi connectivity index (χ4v) is 2.10. The molecule has 1 heterocycles. The topological polar surface area (TPSA) is 99.8 Å². The molecule has 3 rings (SSSR count). The molecule has 0 saturated heterocycles. The van der Waals surface area contributed by atoms with Crippen LogP contribution in [0.1, 0.15) is 17.3 Å². The number of anilines is 2. The maximum absolute atomic E-state index is 12.3. The number of H-pyrrole nitrogens is 1. The van der Waals surface area contributed by atoms with Gasteiger partial charge in [0, 0.05) is 18.2 Å². The molecule has 0 aliphatic rings. The maximum atomic E-state index is 12.3. The van der Waals surface area contributed by atoms with Crippen molar-refractivity contribution in [2.45, 2.75) is 6.92 Å². The van der Waals surface area contributed by atoms with Gasteiger partial charge < -0.3 is 10.6 Å². The average molecular weight is 295 g/mol. The van der Waals surface area contributed by atoms with Crippen LogP contribution in [0.5, 0.6) is 0 Å². The highest BCUT2D eigenvalue weighted by Crippen LogP contribution is 2.20. The number of hydrogen-bond acceptors (Lipinski definition) is 4. The van der Waals surface area contributed by atoms with Crippen molar-refractivity contribution in [1.29, 1.82) is 0 Å². The van der Waals surface area contributed by atoms with E-state index < -0.39 is 0 Å². The van der Waals surface area contributed by atoms with Crippen LogP contribution in [0.25, 0.3) is 11.0 Å². The van der Waals surface area contributed by atoms with Gasteiger partial charge in [-0.2, -0.15) is 15.4 Å². The van der Waals surface area contributed by atoms with Gasteiger partial charge in [0.1, 0.15) is 11.0 Å². The summed E-state index contributed by atoms with van der Waals surface area (Å²) in [5.74, 6) is -0.479. The third-order valence-electron chi connectivity index (χ3n) is 3.04. The minimum Gasteiger partial charge on any atom is -0.326 e. The molecule has 7 nitrogen and oxygen atoms in total. The van der Waals surface area contributed by atoms with Crippen LogP contribution in [0.15, 0.2) is 42.5 Å². The summed E-state index contributed by atoms with van der Waals surface area (Å²) in [5.41, 5.74) is 2.84. The summed E-state index contributed by atoms with van der Waals surface area (Å²) in [6, 6.07) is 12.0. The number of carbonyl (C=O) groups excluding carboxylic acids is 2. The number of nitrogens with one attached hydrogen (secondary N) is 3. The molecule has 22 heavy (non-hydrogen) atoms. The first-order valence-electron chi connectivity index (χ1n) is 6.62. The second-order valence-corrected chi connectivity index (χ2v) is 4.71. The second kappa shape index (κ2) is 5.65. The number of aromatic amines is 1. The Labute approximate surface area is 125 Å². The summed E-state index contributed by atoms with van der Waals surface area (Å²) in [6.07, 6.45) is 0. The zero-order chi connectivity index (χ0) is 15.5. The largest absolute Gasteiger partial charge is 0.326 e. The van der Waals surface area contributed by atoms with Gasteiger partial charge in [-0.25, -0.2) is 0 Å². The lowest BCUT2D eigenvalue weighted by atomic mass is 10.1. The van der Waals surface area contributed by atoms with Crippen LogP contribution in [0.3, 0.4) is 0 Å². The van der Waals surface area contributed by atoms with Crippen molar-refractivity contribution < 1.29 is 9.59 Å². The highest BCUT2D eigenvalue weighted by molar-refractivity contribution is 6.08. The molecular formula is C15H13N5O2. The van der Waals surface area contributed by atoms with Crippen LogP contribution in [0, 0.1) is 0 Å². The Balaban J connectivity index is 1.85. The SMILES string of the molecule is CC(=O)Nc1cccc(C(=O)Nc2cccc3n[nH]nc23)c1. The molecule has 7 heteroatoms. The molecule has 3 N–H and O–H groups in total. The molecule has 0 aliphatic heterocycles. The Morgan fingerprint density at radius 1 is 1.05 bits per heavy atom. The smallest absolute Gasteiger partial charge is 0.255 e. The number of rotatable bonds is 3. The van der Waals surface area contributed by atoms with Crippen molar-refractivity contribution in [2.24, 2.45) is 0 Å². The normalized spacial score (nSPS) is 10.4. The number of carbonyl (C=O) groups is 2. The first kappa shape index (κ1) is 13.7. The first-order valence-corrected chi connectivity index (χ1v) is 6.62. The van der Waals surface area contributed by atoms with Gasteiger partial charge in [-0.3, -0.25) is 9.59 Å². The lowest BCUT2D eigenvalue weighted by Crippen LogP contribution is -2.13. The van der Waals surface area contributed by atoms with Gasteiger partial charge in [0.15, 0.2) is 0 Å². The lowest BCUT2D eigenvalue weighted by Gasteiger charge is -2.07. The van der Waals surface area contributed by atoms with Gasteiger partial charge in [0.2, 0.25) is 5.91 Å². The van der Waals surface area contributed by atoms with Crippen LogP contribution in [-0.4, -0.2) is 27.2 Å². The van der Waals surface area contributed by atoms with E-state index in [1.807, 2.05) is 0 Å². The van der Waals surface area contributed by atoms with Crippen LogP contribution in [-0.2, 0) is 4.79 Å². The van der Waals surface area contributed by atoms with Gasteiger partial charge in [-0.1, -0.05) is 12.1 Å². The maximum Gasteiger partial charge on any atom is 0.255 e. The van der Waals surface area contributed by atoms with Gasteiger partial charge in [0.05, 0.1) is 5.69 Å². The third kappa shape index (κ3) is 2.78. The molecule has 0 radical (unpaired) electrons. The fraction of sp³-hybridized carbons (Fsp3) is 0.0667. The highest BCUT2D eigenvalue weighted by atomic mass is 16.2. The molecule has 0 saturated carbocycles.